The Kier molecular flexibility index (Phi) is 5.46. The second kappa shape index (κ2) is 8.22. The van der Waals surface area contributed by atoms with Gasteiger partial charge in [-0.05, 0) is 63.1 Å². The van der Waals surface area contributed by atoms with Crippen molar-refractivity contribution in [3.05, 3.63) is 92.6 Å². The summed E-state index contributed by atoms with van der Waals surface area (Å²) in [4.78, 5) is 24.6. The van der Waals surface area contributed by atoms with Gasteiger partial charge in [0.2, 0.25) is 0 Å². The molecule has 6 heteroatoms. The highest BCUT2D eigenvalue weighted by atomic mass is 16.5. The first kappa shape index (κ1) is 20.6. The second-order valence-electron chi connectivity index (χ2n) is 7.76. The fraction of sp³-hybridized carbons (Fsp3) is 0.240. The van der Waals surface area contributed by atoms with Gasteiger partial charge in [-0.3, -0.25) is 4.79 Å². The first-order chi connectivity index (χ1) is 14.8. The quantitative estimate of drug-likeness (QED) is 0.354. The van der Waals surface area contributed by atoms with Crippen LogP contribution in [0.15, 0.2) is 57.7 Å². The van der Waals surface area contributed by atoms with Crippen LogP contribution in [0.1, 0.15) is 33.6 Å². The molecular formula is C25H24N2O4. The van der Waals surface area contributed by atoms with E-state index in [1.165, 1.54) is 6.07 Å². The highest BCUT2D eigenvalue weighted by molar-refractivity contribution is 5.82. The SMILES string of the molecule is Cc1cc2oc(=O)cc(COC(=O)Cc3c(C)nn(-c4ccccc4)c3C)c2cc1C. The summed E-state index contributed by atoms with van der Waals surface area (Å²) in [5, 5.41) is 5.35. The Morgan fingerprint density at radius 2 is 1.74 bits per heavy atom. The molecule has 158 valence electrons. The lowest BCUT2D eigenvalue weighted by atomic mass is 10.0. The molecule has 0 saturated carbocycles. The van der Waals surface area contributed by atoms with Crippen molar-refractivity contribution >= 4 is 16.9 Å². The van der Waals surface area contributed by atoms with Crippen molar-refractivity contribution in [3.8, 4) is 5.69 Å². The van der Waals surface area contributed by atoms with Crippen molar-refractivity contribution in [3.63, 3.8) is 0 Å². The van der Waals surface area contributed by atoms with E-state index in [1.54, 1.807) is 0 Å². The summed E-state index contributed by atoms with van der Waals surface area (Å²) < 4.78 is 12.7. The zero-order chi connectivity index (χ0) is 22.1. The number of benzene rings is 2. The topological polar surface area (TPSA) is 74.3 Å². The first-order valence-electron chi connectivity index (χ1n) is 10.1. The van der Waals surface area contributed by atoms with E-state index >= 15 is 0 Å². The fourth-order valence-electron chi connectivity index (χ4n) is 3.71. The Morgan fingerprint density at radius 1 is 1.03 bits per heavy atom. The number of esters is 1. The van der Waals surface area contributed by atoms with Crippen molar-refractivity contribution in [1.29, 1.82) is 0 Å². The molecule has 31 heavy (non-hydrogen) atoms. The maximum atomic E-state index is 12.6. The average molecular weight is 416 g/mol. The van der Waals surface area contributed by atoms with Gasteiger partial charge in [0.15, 0.2) is 0 Å². The van der Waals surface area contributed by atoms with Gasteiger partial charge in [0.25, 0.3) is 0 Å². The zero-order valence-electron chi connectivity index (χ0n) is 18.1. The molecule has 4 rings (SSSR count). The minimum atomic E-state index is -0.461. The molecule has 0 fully saturated rings. The highest BCUT2D eigenvalue weighted by Crippen LogP contribution is 2.23. The Morgan fingerprint density at radius 3 is 2.48 bits per heavy atom. The Hall–Kier alpha value is -3.67. The summed E-state index contributed by atoms with van der Waals surface area (Å²) in [6.45, 7) is 7.79. The Bertz CT molecular complexity index is 1330. The summed E-state index contributed by atoms with van der Waals surface area (Å²) in [7, 11) is 0. The lowest BCUT2D eigenvalue weighted by Gasteiger charge is -2.09. The summed E-state index contributed by atoms with van der Waals surface area (Å²) in [5.74, 6) is -0.371. The number of para-hydroxylation sites is 1. The van der Waals surface area contributed by atoms with Gasteiger partial charge in [-0.1, -0.05) is 18.2 Å². The predicted molar refractivity (Wildman–Crippen MR) is 118 cm³/mol. The lowest BCUT2D eigenvalue weighted by molar-refractivity contribution is -0.144. The smallest absolute Gasteiger partial charge is 0.336 e. The zero-order valence-corrected chi connectivity index (χ0v) is 18.1. The number of nitrogens with zero attached hydrogens (tertiary/aromatic N) is 2. The summed E-state index contributed by atoms with van der Waals surface area (Å²) in [6, 6.07) is 15.0. The van der Waals surface area contributed by atoms with E-state index in [4.69, 9.17) is 9.15 Å². The first-order valence-corrected chi connectivity index (χ1v) is 10.1. The van der Waals surface area contributed by atoms with Crippen LogP contribution in [0.2, 0.25) is 0 Å². The molecule has 0 bridgehead atoms. The summed E-state index contributed by atoms with van der Waals surface area (Å²) >= 11 is 0. The molecule has 2 aromatic heterocycles. The number of carbonyl (C=O) groups excluding carboxylic acids is 1. The standard InChI is InChI=1S/C25H24N2O4/c1-15-10-22-19(12-25(29)31-23(22)11-16(15)2)14-30-24(28)13-21-17(3)26-27(18(21)4)20-8-6-5-7-9-20/h5-12H,13-14H2,1-4H3. The number of carbonyl (C=O) groups is 1. The molecule has 0 N–H and O–H groups in total. The molecule has 0 aliphatic carbocycles. The van der Waals surface area contributed by atoms with Gasteiger partial charge in [-0.15, -0.1) is 0 Å². The maximum absolute atomic E-state index is 12.6. The van der Waals surface area contributed by atoms with Crippen LogP contribution in [-0.4, -0.2) is 15.7 Å². The van der Waals surface area contributed by atoms with Crippen LogP contribution < -0.4 is 5.63 Å². The van der Waals surface area contributed by atoms with Crippen LogP contribution in [0.25, 0.3) is 16.7 Å². The van der Waals surface area contributed by atoms with Gasteiger partial charge in [0.1, 0.15) is 12.2 Å². The number of hydrogen-bond acceptors (Lipinski definition) is 5. The molecule has 2 heterocycles. The molecule has 0 aliphatic rings. The third-order valence-electron chi connectivity index (χ3n) is 5.60. The van der Waals surface area contributed by atoms with Crippen LogP contribution in [0, 0.1) is 27.7 Å². The largest absolute Gasteiger partial charge is 0.461 e. The summed E-state index contributed by atoms with van der Waals surface area (Å²) in [5.41, 5.74) is 6.26. The van der Waals surface area contributed by atoms with Crippen molar-refractivity contribution < 1.29 is 13.9 Å². The highest BCUT2D eigenvalue weighted by Gasteiger charge is 2.17. The lowest BCUT2D eigenvalue weighted by Crippen LogP contribution is -2.11. The summed E-state index contributed by atoms with van der Waals surface area (Å²) in [6.07, 6.45) is 0.113. The minimum Gasteiger partial charge on any atom is -0.461 e. The van der Waals surface area contributed by atoms with Crippen LogP contribution in [0.4, 0.5) is 0 Å². The predicted octanol–water partition coefficient (Wildman–Crippen LogP) is 4.50. The van der Waals surface area contributed by atoms with E-state index in [9.17, 15) is 9.59 Å². The normalized spacial score (nSPS) is 11.1. The molecule has 6 nitrogen and oxygen atoms in total. The van der Waals surface area contributed by atoms with E-state index in [2.05, 4.69) is 5.10 Å². The minimum absolute atomic E-state index is 0.00829. The number of hydrogen-bond donors (Lipinski definition) is 0. The molecule has 0 unspecified atom stereocenters. The van der Waals surface area contributed by atoms with Gasteiger partial charge in [-0.2, -0.15) is 5.10 Å². The van der Waals surface area contributed by atoms with Gasteiger partial charge < -0.3 is 9.15 Å². The average Bonchev–Trinajstić information content (AvgIpc) is 3.02. The third kappa shape index (κ3) is 4.14. The van der Waals surface area contributed by atoms with Crippen molar-refractivity contribution in [2.75, 3.05) is 0 Å². The molecule has 2 aromatic carbocycles. The van der Waals surface area contributed by atoms with Crippen molar-refractivity contribution in [2.45, 2.75) is 40.7 Å². The van der Waals surface area contributed by atoms with Crippen molar-refractivity contribution in [2.24, 2.45) is 0 Å². The number of fused-ring (bicyclic) bond motifs is 1. The molecule has 0 spiro atoms. The molecule has 0 amide bonds. The van der Waals surface area contributed by atoms with E-state index in [-0.39, 0.29) is 19.0 Å². The number of rotatable bonds is 5. The Balaban J connectivity index is 1.54. The third-order valence-corrected chi connectivity index (χ3v) is 5.60. The monoisotopic (exact) mass is 416 g/mol. The van der Waals surface area contributed by atoms with E-state index in [0.717, 1.165) is 39.2 Å². The van der Waals surface area contributed by atoms with E-state index in [1.807, 2.05) is 74.8 Å². The van der Waals surface area contributed by atoms with Gasteiger partial charge >= 0.3 is 11.6 Å². The molecule has 0 radical (unpaired) electrons. The van der Waals surface area contributed by atoms with Crippen molar-refractivity contribution in [1.82, 2.24) is 9.78 Å². The molecule has 4 aromatic rings. The molecule has 0 atom stereocenters. The molecule has 0 aliphatic heterocycles. The number of ether oxygens (including phenoxy) is 1. The van der Waals surface area contributed by atoms with Gasteiger partial charge in [-0.25, -0.2) is 9.48 Å². The fourth-order valence-corrected chi connectivity index (χ4v) is 3.71. The van der Waals surface area contributed by atoms with Crippen LogP contribution in [0.3, 0.4) is 0 Å². The van der Waals surface area contributed by atoms with Gasteiger partial charge in [0.05, 0.1) is 17.8 Å². The second-order valence-corrected chi connectivity index (χ2v) is 7.76. The maximum Gasteiger partial charge on any atom is 0.336 e. The molecule has 0 saturated heterocycles. The van der Waals surface area contributed by atoms with Crippen LogP contribution in [-0.2, 0) is 22.6 Å². The van der Waals surface area contributed by atoms with Crippen LogP contribution >= 0.6 is 0 Å². The van der Waals surface area contributed by atoms with Crippen LogP contribution in [0.5, 0.6) is 0 Å². The van der Waals surface area contributed by atoms with E-state index in [0.29, 0.717) is 11.1 Å². The molecular weight excluding hydrogens is 392 g/mol. The Labute approximate surface area is 180 Å². The van der Waals surface area contributed by atoms with Gasteiger partial charge in [0, 0.05) is 28.3 Å². The number of aryl methyl sites for hydroxylation is 3. The number of aromatic nitrogens is 2. The van der Waals surface area contributed by atoms with E-state index < -0.39 is 5.63 Å².